The van der Waals surface area contributed by atoms with Gasteiger partial charge in [-0.05, 0) is 31.5 Å². The van der Waals surface area contributed by atoms with Crippen molar-refractivity contribution < 1.29 is 45.8 Å². The highest BCUT2D eigenvalue weighted by atomic mass is 32.1. The Bertz CT molecular complexity index is 776. The van der Waals surface area contributed by atoms with Crippen molar-refractivity contribution in [1.29, 1.82) is 0 Å². The third-order valence-electron chi connectivity index (χ3n) is 4.42. The van der Waals surface area contributed by atoms with E-state index in [4.69, 9.17) is 9.90 Å². The summed E-state index contributed by atoms with van der Waals surface area (Å²) in [6, 6.07) is 2.75. The molecule has 1 unspecified atom stereocenters. The van der Waals surface area contributed by atoms with Crippen LogP contribution in [0.15, 0.2) is 12.1 Å². The Hall–Kier alpha value is -2.15. The third-order valence-corrected chi connectivity index (χ3v) is 5.49. The van der Waals surface area contributed by atoms with Gasteiger partial charge in [0.15, 0.2) is 0 Å². The molecular formula is C16H16F6N2O4S. The minimum atomic E-state index is -5.08. The van der Waals surface area contributed by atoms with Crippen LogP contribution >= 0.6 is 11.3 Å². The van der Waals surface area contributed by atoms with Gasteiger partial charge in [0.1, 0.15) is 0 Å². The fraction of sp³-hybridized carbons (Fsp3) is 0.562. The Kier molecular flexibility index (Phi) is 6.93. The number of hydrogen-bond donors (Lipinski definition) is 1. The molecule has 1 N–H and O–H groups in total. The smallest absolute Gasteiger partial charge is 0.475 e. The summed E-state index contributed by atoms with van der Waals surface area (Å²) in [5.74, 6) is -4.93. The Labute approximate surface area is 164 Å². The summed E-state index contributed by atoms with van der Waals surface area (Å²) < 4.78 is 68.9. The van der Waals surface area contributed by atoms with Gasteiger partial charge >= 0.3 is 18.3 Å². The number of nitrogens with zero attached hydrogens (tertiary/aromatic N) is 2. The molecule has 1 amide bonds. The standard InChI is InChI=1S/C14H15F3N2O2S.C2HF3O2/c15-14(16,17)12(20)10-3-4-11(22-10)13(21)19-7-6-18-5-1-2-9(18)8-19;3-2(4,5)1(6)7/h3-4,9H,1-2,5-8H2;(H,6,7). The number of carboxylic acids is 1. The highest BCUT2D eigenvalue weighted by Crippen LogP contribution is 2.28. The second-order valence-electron chi connectivity index (χ2n) is 6.38. The second kappa shape index (κ2) is 8.69. The van der Waals surface area contributed by atoms with Gasteiger partial charge in [0.05, 0.1) is 9.75 Å². The van der Waals surface area contributed by atoms with Crippen molar-refractivity contribution in [2.45, 2.75) is 31.2 Å². The monoisotopic (exact) mass is 446 g/mol. The average Bonchev–Trinajstić information content (AvgIpc) is 3.28. The fourth-order valence-electron chi connectivity index (χ4n) is 3.05. The molecule has 2 fully saturated rings. The van der Waals surface area contributed by atoms with Crippen LogP contribution in [0.25, 0.3) is 0 Å². The van der Waals surface area contributed by atoms with Crippen LogP contribution in [0, 0.1) is 0 Å². The van der Waals surface area contributed by atoms with E-state index in [1.165, 1.54) is 6.07 Å². The topological polar surface area (TPSA) is 77.9 Å². The molecule has 2 aliphatic heterocycles. The lowest BCUT2D eigenvalue weighted by molar-refractivity contribution is -0.192. The van der Waals surface area contributed by atoms with Crippen molar-refractivity contribution in [2.75, 3.05) is 26.2 Å². The molecule has 3 heterocycles. The molecule has 0 aromatic carbocycles. The first-order chi connectivity index (χ1) is 13.3. The van der Waals surface area contributed by atoms with Gasteiger partial charge in [0.25, 0.3) is 11.7 Å². The summed E-state index contributed by atoms with van der Waals surface area (Å²) in [6.07, 6.45) is -7.82. The van der Waals surface area contributed by atoms with Gasteiger partial charge in [-0.3, -0.25) is 14.5 Å². The van der Waals surface area contributed by atoms with Gasteiger partial charge < -0.3 is 10.0 Å². The Morgan fingerprint density at radius 3 is 2.10 bits per heavy atom. The fourth-order valence-corrected chi connectivity index (χ4v) is 3.98. The largest absolute Gasteiger partial charge is 0.490 e. The maximum Gasteiger partial charge on any atom is 0.490 e. The van der Waals surface area contributed by atoms with E-state index in [1.54, 1.807) is 4.90 Å². The molecular weight excluding hydrogens is 430 g/mol. The molecule has 0 radical (unpaired) electrons. The average molecular weight is 446 g/mol. The van der Waals surface area contributed by atoms with E-state index in [-0.39, 0.29) is 10.8 Å². The molecule has 0 spiro atoms. The number of aliphatic carboxylic acids is 1. The normalized spacial score (nSPS) is 19.9. The van der Waals surface area contributed by atoms with Crippen molar-refractivity contribution in [1.82, 2.24) is 9.80 Å². The predicted octanol–water partition coefficient (Wildman–Crippen LogP) is 3.05. The van der Waals surface area contributed by atoms with E-state index in [0.717, 1.165) is 32.0 Å². The minimum Gasteiger partial charge on any atom is -0.475 e. The number of Topliss-reactive ketones (excluding diaryl/α,β-unsaturated/α-hetero) is 1. The summed E-state index contributed by atoms with van der Waals surface area (Å²) in [5.41, 5.74) is 0. The summed E-state index contributed by atoms with van der Waals surface area (Å²) in [4.78, 5) is 36.3. The maximum atomic E-state index is 12.4. The summed E-state index contributed by atoms with van der Waals surface area (Å²) in [7, 11) is 0. The number of piperazine rings is 1. The van der Waals surface area contributed by atoms with Crippen molar-refractivity contribution in [3.05, 3.63) is 21.9 Å². The van der Waals surface area contributed by atoms with E-state index in [9.17, 15) is 35.9 Å². The zero-order valence-corrected chi connectivity index (χ0v) is 15.5. The quantitative estimate of drug-likeness (QED) is 0.558. The van der Waals surface area contributed by atoms with E-state index < -0.39 is 29.0 Å². The number of amides is 1. The van der Waals surface area contributed by atoms with Gasteiger partial charge in [-0.1, -0.05) is 0 Å². The number of thiophene rings is 1. The lowest BCUT2D eigenvalue weighted by Crippen LogP contribution is -2.51. The van der Waals surface area contributed by atoms with Gasteiger partial charge in [0, 0.05) is 25.7 Å². The molecule has 13 heteroatoms. The Morgan fingerprint density at radius 2 is 1.55 bits per heavy atom. The molecule has 1 atom stereocenters. The first kappa shape index (κ1) is 23.1. The number of carbonyl (C=O) groups excluding carboxylic acids is 2. The molecule has 1 aromatic rings. The third kappa shape index (κ3) is 5.92. The van der Waals surface area contributed by atoms with Crippen molar-refractivity contribution >= 4 is 29.0 Å². The summed E-state index contributed by atoms with van der Waals surface area (Å²) in [6.45, 7) is 3.04. The predicted molar refractivity (Wildman–Crippen MR) is 88.9 cm³/mol. The Morgan fingerprint density at radius 1 is 0.966 bits per heavy atom. The number of ketones is 1. The van der Waals surface area contributed by atoms with E-state index in [1.807, 2.05) is 0 Å². The number of carboxylic acid groups (broad SMARTS) is 1. The highest BCUT2D eigenvalue weighted by Gasteiger charge is 2.41. The van der Waals surface area contributed by atoms with Crippen molar-refractivity contribution in [3.8, 4) is 0 Å². The molecule has 6 nitrogen and oxygen atoms in total. The lowest BCUT2D eigenvalue weighted by Gasteiger charge is -2.37. The first-order valence-electron chi connectivity index (χ1n) is 8.35. The van der Waals surface area contributed by atoms with Crippen LogP contribution in [0.3, 0.4) is 0 Å². The molecule has 0 saturated carbocycles. The first-order valence-corrected chi connectivity index (χ1v) is 9.17. The molecule has 2 aliphatic rings. The molecule has 3 rings (SSSR count). The highest BCUT2D eigenvalue weighted by molar-refractivity contribution is 7.16. The number of carbonyl (C=O) groups is 3. The summed E-state index contributed by atoms with van der Waals surface area (Å²) in [5, 5.41) is 7.12. The maximum absolute atomic E-state index is 12.4. The van der Waals surface area contributed by atoms with Crippen LogP contribution in [0.1, 0.15) is 32.2 Å². The van der Waals surface area contributed by atoms with Crippen LogP contribution in [0.5, 0.6) is 0 Å². The number of fused-ring (bicyclic) bond motifs is 1. The molecule has 29 heavy (non-hydrogen) atoms. The number of alkyl halides is 6. The van der Waals surface area contributed by atoms with Crippen molar-refractivity contribution in [3.63, 3.8) is 0 Å². The van der Waals surface area contributed by atoms with Gasteiger partial charge in [0.2, 0.25) is 0 Å². The zero-order valence-electron chi connectivity index (χ0n) is 14.7. The molecule has 0 bridgehead atoms. The summed E-state index contributed by atoms with van der Waals surface area (Å²) >= 11 is 0.621. The van der Waals surface area contributed by atoms with Gasteiger partial charge in [-0.2, -0.15) is 26.3 Å². The Balaban J connectivity index is 0.000000370. The second-order valence-corrected chi connectivity index (χ2v) is 7.46. The number of hydrogen-bond acceptors (Lipinski definition) is 5. The molecule has 1 aromatic heterocycles. The molecule has 0 aliphatic carbocycles. The van der Waals surface area contributed by atoms with E-state index >= 15 is 0 Å². The number of halogens is 6. The molecule has 162 valence electrons. The SMILES string of the molecule is O=C(O)C(F)(F)F.O=C(c1ccc(C(=O)C(F)(F)F)s1)N1CCN2CCCC2C1. The van der Waals surface area contributed by atoms with Crippen molar-refractivity contribution in [2.24, 2.45) is 0 Å². The minimum absolute atomic E-state index is 0.194. The van der Waals surface area contributed by atoms with Crippen LogP contribution in [0.2, 0.25) is 0 Å². The van der Waals surface area contributed by atoms with Gasteiger partial charge in [-0.15, -0.1) is 11.3 Å². The molecule has 2 saturated heterocycles. The van der Waals surface area contributed by atoms with Crippen LogP contribution < -0.4 is 0 Å². The number of rotatable bonds is 2. The van der Waals surface area contributed by atoms with E-state index in [2.05, 4.69) is 4.90 Å². The zero-order chi connectivity index (χ0) is 22.0. The van der Waals surface area contributed by atoms with Crippen LogP contribution in [-0.4, -0.2) is 77.1 Å². The van der Waals surface area contributed by atoms with E-state index in [0.29, 0.717) is 30.5 Å². The lowest BCUT2D eigenvalue weighted by atomic mass is 10.1. The van der Waals surface area contributed by atoms with Gasteiger partial charge in [-0.25, -0.2) is 4.79 Å². The van der Waals surface area contributed by atoms with Crippen LogP contribution in [-0.2, 0) is 4.79 Å². The van der Waals surface area contributed by atoms with Crippen LogP contribution in [0.4, 0.5) is 26.3 Å².